The Balaban J connectivity index is 1.93. The van der Waals surface area contributed by atoms with E-state index < -0.39 is 10.7 Å². The van der Waals surface area contributed by atoms with Crippen LogP contribution in [0.1, 0.15) is 17.7 Å². The van der Waals surface area contributed by atoms with Crippen molar-refractivity contribution in [2.75, 3.05) is 4.90 Å². The van der Waals surface area contributed by atoms with Crippen molar-refractivity contribution < 1.29 is 9.31 Å². The van der Waals surface area contributed by atoms with Crippen molar-refractivity contribution in [2.45, 2.75) is 25.4 Å². The molecule has 0 aliphatic heterocycles. The molecule has 0 unspecified atom stereocenters. The molecule has 0 N–H and O–H groups in total. The van der Waals surface area contributed by atoms with Crippen molar-refractivity contribution in [1.29, 1.82) is 0 Å². The normalized spacial score (nSPS) is 14.2. The maximum absolute atomic E-state index is 13.6. The number of benzene rings is 1. The molecule has 1 aromatic heterocycles. The summed E-state index contributed by atoms with van der Waals surface area (Å²) in [7, 11) is 0. The number of nitrogens with zero attached hydrogens (tertiary/aromatic N) is 2. The number of thiophene rings is 1. The van der Waals surface area contributed by atoms with Crippen LogP contribution < -0.4 is 4.90 Å². The second kappa shape index (κ2) is 5.20. The highest BCUT2D eigenvalue weighted by atomic mass is 32.1. The minimum Gasteiger partial charge on any atom is -0.363 e. The van der Waals surface area contributed by atoms with Gasteiger partial charge in [-0.15, -0.1) is 11.3 Å². The van der Waals surface area contributed by atoms with E-state index in [-0.39, 0.29) is 5.69 Å². The first-order valence-electron chi connectivity index (χ1n) is 6.37. The molecular formula is C14H13FN2O2S. The first-order chi connectivity index (χ1) is 9.63. The Morgan fingerprint density at radius 1 is 1.40 bits per heavy atom. The van der Waals surface area contributed by atoms with Crippen LogP contribution in [0.4, 0.5) is 15.8 Å². The quantitative estimate of drug-likeness (QED) is 0.619. The molecule has 0 bridgehead atoms. The van der Waals surface area contributed by atoms with Crippen LogP contribution in [0, 0.1) is 15.9 Å². The molecule has 0 saturated heterocycles. The summed E-state index contributed by atoms with van der Waals surface area (Å²) < 4.78 is 13.6. The van der Waals surface area contributed by atoms with Gasteiger partial charge in [0.15, 0.2) is 0 Å². The van der Waals surface area contributed by atoms with Crippen LogP contribution in [0.25, 0.3) is 0 Å². The Kier molecular flexibility index (Phi) is 3.40. The Hall–Kier alpha value is -1.95. The number of hydrogen-bond donors (Lipinski definition) is 0. The zero-order valence-corrected chi connectivity index (χ0v) is 11.5. The smallest absolute Gasteiger partial charge is 0.274 e. The Labute approximate surface area is 119 Å². The van der Waals surface area contributed by atoms with E-state index in [1.165, 1.54) is 17.0 Å². The third-order valence-electron chi connectivity index (χ3n) is 3.30. The fourth-order valence-corrected chi connectivity index (χ4v) is 2.92. The predicted octanol–water partition coefficient (Wildman–Crippen LogP) is 3.96. The second-order valence-corrected chi connectivity index (χ2v) is 5.90. The molecule has 0 amide bonds. The van der Waals surface area contributed by atoms with E-state index in [9.17, 15) is 14.5 Å². The summed E-state index contributed by atoms with van der Waals surface area (Å²) >= 11 is 1.64. The van der Waals surface area contributed by atoms with Gasteiger partial charge in [-0.05, 0) is 30.4 Å². The third-order valence-corrected chi connectivity index (χ3v) is 4.16. The van der Waals surface area contributed by atoms with Crippen LogP contribution in [0.15, 0.2) is 35.7 Å². The largest absolute Gasteiger partial charge is 0.363 e. The maximum atomic E-state index is 13.6. The number of nitro benzene ring substituents is 1. The van der Waals surface area contributed by atoms with Gasteiger partial charge >= 0.3 is 0 Å². The van der Waals surface area contributed by atoms with Crippen molar-refractivity contribution >= 4 is 22.7 Å². The lowest BCUT2D eigenvalue weighted by Gasteiger charge is -2.24. The van der Waals surface area contributed by atoms with Crippen molar-refractivity contribution in [1.82, 2.24) is 0 Å². The van der Waals surface area contributed by atoms with Gasteiger partial charge in [-0.1, -0.05) is 6.07 Å². The van der Waals surface area contributed by atoms with Crippen LogP contribution in [0.5, 0.6) is 0 Å². The van der Waals surface area contributed by atoms with E-state index in [1.807, 2.05) is 17.5 Å². The Morgan fingerprint density at radius 2 is 2.20 bits per heavy atom. The molecule has 6 heteroatoms. The predicted molar refractivity (Wildman–Crippen MR) is 76.6 cm³/mol. The van der Waals surface area contributed by atoms with Gasteiger partial charge in [-0.25, -0.2) is 4.39 Å². The van der Waals surface area contributed by atoms with E-state index >= 15 is 0 Å². The zero-order valence-electron chi connectivity index (χ0n) is 10.7. The van der Waals surface area contributed by atoms with Gasteiger partial charge in [0.05, 0.1) is 17.5 Å². The molecule has 4 nitrogen and oxygen atoms in total. The van der Waals surface area contributed by atoms with Crippen molar-refractivity contribution in [3.8, 4) is 0 Å². The number of hydrogen-bond acceptors (Lipinski definition) is 4. The van der Waals surface area contributed by atoms with Gasteiger partial charge in [0.25, 0.3) is 5.69 Å². The highest BCUT2D eigenvalue weighted by Gasteiger charge is 2.30. The summed E-state index contributed by atoms with van der Waals surface area (Å²) in [6.07, 6.45) is 2.10. The van der Waals surface area contributed by atoms with Gasteiger partial charge in [-0.3, -0.25) is 10.1 Å². The van der Waals surface area contributed by atoms with Gasteiger partial charge in [0.2, 0.25) is 0 Å². The summed E-state index contributed by atoms with van der Waals surface area (Å²) in [5, 5.41) is 12.8. The van der Waals surface area contributed by atoms with Gasteiger partial charge in [0, 0.05) is 22.7 Å². The van der Waals surface area contributed by atoms with Crippen LogP contribution in [-0.2, 0) is 6.54 Å². The number of anilines is 1. The second-order valence-electron chi connectivity index (χ2n) is 4.86. The van der Waals surface area contributed by atoms with Crippen LogP contribution in [-0.4, -0.2) is 11.0 Å². The molecule has 1 saturated carbocycles. The lowest BCUT2D eigenvalue weighted by molar-refractivity contribution is -0.385. The first-order valence-corrected chi connectivity index (χ1v) is 7.25. The molecule has 1 aliphatic carbocycles. The van der Waals surface area contributed by atoms with E-state index in [0.717, 1.165) is 18.9 Å². The van der Waals surface area contributed by atoms with Crippen molar-refractivity contribution in [2.24, 2.45) is 0 Å². The van der Waals surface area contributed by atoms with Crippen LogP contribution in [0.2, 0.25) is 0 Å². The van der Waals surface area contributed by atoms with Gasteiger partial charge in [-0.2, -0.15) is 0 Å². The fourth-order valence-electron chi connectivity index (χ4n) is 2.22. The van der Waals surface area contributed by atoms with Crippen molar-refractivity contribution in [3.05, 3.63) is 56.5 Å². The summed E-state index contributed by atoms with van der Waals surface area (Å²) in [5.74, 6) is -0.564. The van der Waals surface area contributed by atoms with Gasteiger partial charge < -0.3 is 4.90 Å². The molecular weight excluding hydrogens is 279 g/mol. The Bertz CT molecular complexity index is 626. The third kappa shape index (κ3) is 2.80. The molecule has 2 aromatic rings. The highest BCUT2D eigenvalue weighted by molar-refractivity contribution is 7.09. The van der Waals surface area contributed by atoms with Gasteiger partial charge in [0.1, 0.15) is 5.82 Å². The number of rotatable bonds is 5. The summed E-state index contributed by atoms with van der Waals surface area (Å²) in [4.78, 5) is 13.5. The summed E-state index contributed by atoms with van der Waals surface area (Å²) in [6, 6.07) is 8.14. The molecule has 1 aliphatic rings. The minimum absolute atomic E-state index is 0.197. The average molecular weight is 292 g/mol. The topological polar surface area (TPSA) is 46.4 Å². The molecule has 20 heavy (non-hydrogen) atoms. The van der Waals surface area contributed by atoms with E-state index in [0.29, 0.717) is 18.3 Å². The van der Waals surface area contributed by atoms with Crippen molar-refractivity contribution in [3.63, 3.8) is 0 Å². The number of non-ortho nitro benzene ring substituents is 1. The van der Waals surface area contributed by atoms with Crippen LogP contribution >= 0.6 is 11.3 Å². The lowest BCUT2D eigenvalue weighted by Crippen LogP contribution is -2.24. The van der Waals surface area contributed by atoms with E-state index in [4.69, 9.17) is 0 Å². The standard InChI is InChI=1S/C14H13FN2O2S/c15-10-6-12(8-13(7-10)17(18)19)16(11-3-4-11)9-14-2-1-5-20-14/h1-2,5-8,11H,3-4,9H2. The highest BCUT2D eigenvalue weighted by Crippen LogP contribution is 2.35. The minimum atomic E-state index is -0.564. The molecule has 1 heterocycles. The number of nitro groups is 1. The Morgan fingerprint density at radius 3 is 2.80 bits per heavy atom. The van der Waals surface area contributed by atoms with E-state index in [1.54, 1.807) is 11.3 Å². The molecule has 3 rings (SSSR count). The zero-order chi connectivity index (χ0) is 14.1. The maximum Gasteiger partial charge on any atom is 0.274 e. The molecule has 0 radical (unpaired) electrons. The van der Waals surface area contributed by atoms with E-state index in [2.05, 4.69) is 4.90 Å². The van der Waals surface area contributed by atoms with Crippen LogP contribution in [0.3, 0.4) is 0 Å². The number of halogens is 1. The molecule has 104 valence electrons. The average Bonchev–Trinajstić information content (AvgIpc) is 3.12. The monoisotopic (exact) mass is 292 g/mol. The molecule has 1 fully saturated rings. The molecule has 1 aromatic carbocycles. The summed E-state index contributed by atoms with van der Waals surface area (Å²) in [5.41, 5.74) is 0.393. The SMILES string of the molecule is O=[N+]([O-])c1cc(F)cc(N(Cc2cccs2)C2CC2)c1. The first kappa shape index (κ1) is 13.1. The summed E-state index contributed by atoms with van der Waals surface area (Å²) in [6.45, 7) is 0.670. The fraction of sp³-hybridized carbons (Fsp3) is 0.286. The molecule has 0 atom stereocenters. The lowest BCUT2D eigenvalue weighted by atomic mass is 10.2. The molecule has 0 spiro atoms.